The van der Waals surface area contributed by atoms with Crippen LogP contribution in [0.5, 0.6) is 0 Å². The second kappa shape index (κ2) is 7.51. The third-order valence-electron chi connectivity index (χ3n) is 3.49. The zero-order chi connectivity index (χ0) is 16.1. The molecule has 1 N–H and O–H groups in total. The van der Waals surface area contributed by atoms with Crippen LogP contribution in [0.3, 0.4) is 0 Å². The van der Waals surface area contributed by atoms with Crippen LogP contribution in [0.25, 0.3) is 11.0 Å². The molecule has 1 heterocycles. The van der Waals surface area contributed by atoms with Crippen molar-refractivity contribution in [1.82, 2.24) is 23.9 Å². The molecule has 0 saturated heterocycles. The average molecular weight is 321 g/mol. The maximum absolute atomic E-state index is 12.3. The van der Waals surface area contributed by atoms with Gasteiger partial charge in [-0.1, -0.05) is 13.0 Å². The number of nitrogens with one attached hydrogen (secondary N) is 1. The van der Waals surface area contributed by atoms with E-state index < -0.39 is 0 Å². The third-order valence-corrected chi connectivity index (χ3v) is 4.05. The molecule has 0 aliphatic carbocycles. The molecule has 0 aliphatic rings. The van der Waals surface area contributed by atoms with Gasteiger partial charge in [0.2, 0.25) is 0 Å². The summed E-state index contributed by atoms with van der Waals surface area (Å²) >= 11 is 1.21. The smallest absolute Gasteiger partial charge is 0.317 e. The Hall–Kier alpha value is -1.73. The quantitative estimate of drug-likeness (QED) is 0.886. The van der Waals surface area contributed by atoms with Gasteiger partial charge in [-0.05, 0) is 38.2 Å². The Kier molecular flexibility index (Phi) is 5.68. The van der Waals surface area contributed by atoms with E-state index in [-0.39, 0.29) is 12.1 Å². The summed E-state index contributed by atoms with van der Waals surface area (Å²) in [7, 11) is 5.83. The first-order chi connectivity index (χ1) is 10.5. The molecule has 2 aromatic rings. The highest BCUT2D eigenvalue weighted by molar-refractivity contribution is 7.00. The van der Waals surface area contributed by atoms with E-state index in [1.807, 2.05) is 32.3 Å². The van der Waals surface area contributed by atoms with Crippen LogP contribution in [-0.2, 0) is 6.54 Å². The Morgan fingerprint density at radius 1 is 1.27 bits per heavy atom. The number of aromatic nitrogens is 2. The number of hydrogen-bond donors (Lipinski definition) is 1. The van der Waals surface area contributed by atoms with Gasteiger partial charge in [-0.3, -0.25) is 0 Å². The minimum absolute atomic E-state index is 0.0507. The molecule has 1 aromatic heterocycles. The second-order valence-corrected chi connectivity index (χ2v) is 6.29. The van der Waals surface area contributed by atoms with Gasteiger partial charge in [0.1, 0.15) is 11.0 Å². The maximum atomic E-state index is 12.3. The summed E-state index contributed by atoms with van der Waals surface area (Å²) in [6.45, 7) is 3.47. The Labute approximate surface area is 135 Å². The standard InChI is InChI=1S/C15H23N5OS/c1-5-12(10-19(2)3)16-15(21)20(4)9-11-6-7-13-14(8-11)18-22-17-13/h6-8,12H,5,9-10H2,1-4H3,(H,16,21)/t12-/m1/s1. The number of hydrogen-bond acceptors (Lipinski definition) is 5. The highest BCUT2D eigenvalue weighted by Crippen LogP contribution is 2.14. The number of carbonyl (C=O) groups is 1. The van der Waals surface area contributed by atoms with Crippen molar-refractivity contribution in [1.29, 1.82) is 0 Å². The van der Waals surface area contributed by atoms with Crippen molar-refractivity contribution in [2.24, 2.45) is 0 Å². The van der Waals surface area contributed by atoms with Crippen LogP contribution in [0.1, 0.15) is 18.9 Å². The first-order valence-electron chi connectivity index (χ1n) is 7.37. The minimum Gasteiger partial charge on any atom is -0.334 e. The molecule has 0 unspecified atom stereocenters. The van der Waals surface area contributed by atoms with Gasteiger partial charge in [0, 0.05) is 26.2 Å². The molecule has 2 amide bonds. The monoisotopic (exact) mass is 321 g/mol. The van der Waals surface area contributed by atoms with Crippen molar-refractivity contribution < 1.29 is 4.79 Å². The van der Waals surface area contributed by atoms with E-state index in [1.54, 1.807) is 11.9 Å². The molecule has 0 radical (unpaired) electrons. The number of amides is 2. The Morgan fingerprint density at radius 2 is 2.00 bits per heavy atom. The van der Waals surface area contributed by atoms with Gasteiger partial charge in [-0.15, -0.1) is 0 Å². The Balaban J connectivity index is 1.95. The lowest BCUT2D eigenvalue weighted by Gasteiger charge is -2.25. The predicted molar refractivity (Wildman–Crippen MR) is 90.0 cm³/mol. The van der Waals surface area contributed by atoms with Crippen LogP contribution in [0.15, 0.2) is 18.2 Å². The summed E-state index contributed by atoms with van der Waals surface area (Å²) in [5.74, 6) is 0. The van der Waals surface area contributed by atoms with Crippen LogP contribution in [0.2, 0.25) is 0 Å². The molecule has 0 bridgehead atoms. The van der Waals surface area contributed by atoms with Crippen molar-refractivity contribution >= 4 is 28.8 Å². The normalized spacial score (nSPS) is 12.6. The largest absolute Gasteiger partial charge is 0.334 e. The van der Waals surface area contributed by atoms with E-state index in [9.17, 15) is 4.79 Å². The molecular weight excluding hydrogens is 298 g/mol. The van der Waals surface area contributed by atoms with Gasteiger partial charge in [0.25, 0.3) is 0 Å². The van der Waals surface area contributed by atoms with Crippen LogP contribution in [0.4, 0.5) is 4.79 Å². The van der Waals surface area contributed by atoms with E-state index in [1.165, 1.54) is 11.7 Å². The van der Waals surface area contributed by atoms with Crippen LogP contribution in [0, 0.1) is 0 Å². The first-order valence-corrected chi connectivity index (χ1v) is 8.10. The summed E-state index contributed by atoms with van der Waals surface area (Å²) in [5.41, 5.74) is 2.84. The average Bonchev–Trinajstić information content (AvgIpc) is 2.93. The lowest BCUT2D eigenvalue weighted by atomic mass is 10.2. The first kappa shape index (κ1) is 16.6. The number of fused-ring (bicyclic) bond motifs is 1. The molecule has 22 heavy (non-hydrogen) atoms. The maximum Gasteiger partial charge on any atom is 0.317 e. The van der Waals surface area contributed by atoms with E-state index in [0.717, 1.165) is 29.6 Å². The second-order valence-electron chi connectivity index (χ2n) is 5.76. The number of carbonyl (C=O) groups excluding carboxylic acids is 1. The molecule has 0 saturated carbocycles. The Bertz CT molecular complexity index is 627. The van der Waals surface area contributed by atoms with Crippen molar-refractivity contribution in [2.75, 3.05) is 27.7 Å². The Morgan fingerprint density at radius 3 is 2.68 bits per heavy atom. The summed E-state index contributed by atoms with van der Waals surface area (Å²) in [5, 5.41) is 3.07. The van der Waals surface area contributed by atoms with Crippen LogP contribution < -0.4 is 5.32 Å². The summed E-state index contributed by atoms with van der Waals surface area (Å²) in [6, 6.07) is 6.03. The number of benzene rings is 1. The van der Waals surface area contributed by atoms with Crippen molar-refractivity contribution in [3.63, 3.8) is 0 Å². The number of rotatable bonds is 6. The van der Waals surface area contributed by atoms with Gasteiger partial charge in [-0.25, -0.2) is 4.79 Å². The lowest BCUT2D eigenvalue weighted by molar-refractivity contribution is 0.198. The highest BCUT2D eigenvalue weighted by Gasteiger charge is 2.15. The number of likely N-dealkylation sites (N-methyl/N-ethyl adjacent to an activating group) is 1. The molecule has 0 fully saturated rings. The predicted octanol–water partition coefficient (Wildman–Crippen LogP) is 2.17. The summed E-state index contributed by atoms with van der Waals surface area (Å²) < 4.78 is 8.42. The van der Waals surface area contributed by atoms with E-state index >= 15 is 0 Å². The molecule has 1 aromatic carbocycles. The number of urea groups is 1. The van der Waals surface area contributed by atoms with Crippen molar-refractivity contribution in [3.8, 4) is 0 Å². The van der Waals surface area contributed by atoms with Crippen molar-refractivity contribution in [3.05, 3.63) is 23.8 Å². The molecule has 0 aliphatic heterocycles. The SMILES string of the molecule is CC[C@H](CN(C)C)NC(=O)N(C)Cc1ccc2nsnc2c1. The summed E-state index contributed by atoms with van der Waals surface area (Å²) in [4.78, 5) is 16.1. The third kappa shape index (κ3) is 4.38. The van der Waals surface area contributed by atoms with Gasteiger partial charge >= 0.3 is 6.03 Å². The minimum atomic E-state index is -0.0507. The van der Waals surface area contributed by atoms with Gasteiger partial charge in [0.05, 0.1) is 11.7 Å². The highest BCUT2D eigenvalue weighted by atomic mass is 32.1. The molecule has 7 heteroatoms. The number of nitrogens with zero attached hydrogens (tertiary/aromatic N) is 4. The van der Waals surface area contributed by atoms with Crippen LogP contribution in [-0.4, -0.2) is 58.3 Å². The molecule has 6 nitrogen and oxygen atoms in total. The molecule has 0 spiro atoms. The lowest BCUT2D eigenvalue weighted by Crippen LogP contribution is -2.46. The van der Waals surface area contributed by atoms with E-state index in [2.05, 4.69) is 25.9 Å². The zero-order valence-corrected chi connectivity index (χ0v) is 14.4. The topological polar surface area (TPSA) is 61.4 Å². The molecule has 120 valence electrons. The van der Waals surface area contributed by atoms with Gasteiger partial charge < -0.3 is 15.1 Å². The molecule has 2 rings (SSSR count). The van der Waals surface area contributed by atoms with Crippen LogP contribution >= 0.6 is 11.7 Å². The summed E-state index contributed by atoms with van der Waals surface area (Å²) in [6.07, 6.45) is 0.911. The fourth-order valence-electron chi connectivity index (χ4n) is 2.27. The fraction of sp³-hybridized carbons (Fsp3) is 0.533. The fourth-order valence-corrected chi connectivity index (χ4v) is 2.79. The van der Waals surface area contributed by atoms with E-state index in [0.29, 0.717) is 6.54 Å². The molecular formula is C15H23N5OS. The zero-order valence-electron chi connectivity index (χ0n) is 13.5. The molecule has 1 atom stereocenters. The van der Waals surface area contributed by atoms with Gasteiger partial charge in [0.15, 0.2) is 0 Å². The van der Waals surface area contributed by atoms with E-state index in [4.69, 9.17) is 0 Å². The van der Waals surface area contributed by atoms with Crippen molar-refractivity contribution in [2.45, 2.75) is 25.9 Å². The van der Waals surface area contributed by atoms with Gasteiger partial charge in [-0.2, -0.15) is 8.75 Å².